The first-order valence-electron chi connectivity index (χ1n) is 9.13. The zero-order valence-electron chi connectivity index (χ0n) is 15.7. The second kappa shape index (κ2) is 8.50. The van der Waals surface area contributed by atoms with E-state index in [1.807, 2.05) is 12.1 Å². The number of benzene rings is 1. The zero-order valence-corrected chi connectivity index (χ0v) is 15.7. The van der Waals surface area contributed by atoms with E-state index in [0.717, 1.165) is 11.1 Å². The Morgan fingerprint density at radius 2 is 1.83 bits per heavy atom. The third-order valence-electron chi connectivity index (χ3n) is 4.42. The lowest BCUT2D eigenvalue weighted by Crippen LogP contribution is -2.37. The number of nitrogen functional groups attached to an aromatic ring is 1. The maximum atomic E-state index is 8.92. The van der Waals surface area contributed by atoms with E-state index in [1.54, 1.807) is 30.6 Å². The molecule has 0 atom stereocenters. The molecule has 0 saturated carbocycles. The summed E-state index contributed by atoms with van der Waals surface area (Å²) in [6.07, 6.45) is 3.25. The molecule has 9 heteroatoms. The van der Waals surface area contributed by atoms with Crippen LogP contribution in [0.5, 0.6) is 5.88 Å². The molecular weight excluding hydrogens is 370 g/mol. The van der Waals surface area contributed by atoms with Crippen LogP contribution in [0.3, 0.4) is 0 Å². The maximum absolute atomic E-state index is 8.92. The van der Waals surface area contributed by atoms with Crippen LogP contribution in [0.1, 0.15) is 11.1 Å². The summed E-state index contributed by atoms with van der Waals surface area (Å²) in [4.78, 5) is 19.4. The van der Waals surface area contributed by atoms with Crippen LogP contribution in [0.4, 0.5) is 11.9 Å². The fourth-order valence-electron chi connectivity index (χ4n) is 2.84. The van der Waals surface area contributed by atoms with Crippen LogP contribution < -0.4 is 15.4 Å². The van der Waals surface area contributed by atoms with E-state index >= 15 is 0 Å². The van der Waals surface area contributed by atoms with Gasteiger partial charge in [-0.2, -0.15) is 10.2 Å². The van der Waals surface area contributed by atoms with E-state index < -0.39 is 0 Å². The number of nitriles is 1. The summed E-state index contributed by atoms with van der Waals surface area (Å²) in [5.41, 5.74) is 8.51. The van der Waals surface area contributed by atoms with Gasteiger partial charge in [-0.1, -0.05) is 12.1 Å². The predicted molar refractivity (Wildman–Crippen MR) is 106 cm³/mol. The maximum Gasteiger partial charge on any atom is 0.229 e. The molecule has 2 N–H and O–H groups in total. The highest BCUT2D eigenvalue weighted by Crippen LogP contribution is 2.24. The van der Waals surface area contributed by atoms with Gasteiger partial charge in [-0.3, -0.25) is 0 Å². The first-order valence-corrected chi connectivity index (χ1v) is 9.13. The second-order valence-electron chi connectivity index (χ2n) is 6.42. The number of morpholine rings is 1. The van der Waals surface area contributed by atoms with Crippen molar-refractivity contribution in [2.75, 3.05) is 36.9 Å². The minimum atomic E-state index is 0.202. The Kier molecular flexibility index (Phi) is 5.45. The lowest BCUT2D eigenvalue weighted by molar-refractivity contribution is 0.122. The Hall–Kier alpha value is -3.77. The number of hydrogen-bond donors (Lipinski definition) is 1. The highest BCUT2D eigenvalue weighted by molar-refractivity contribution is 5.60. The van der Waals surface area contributed by atoms with Crippen molar-refractivity contribution >= 4 is 11.9 Å². The van der Waals surface area contributed by atoms with Crippen LogP contribution in [-0.2, 0) is 11.3 Å². The van der Waals surface area contributed by atoms with Gasteiger partial charge in [-0.05, 0) is 17.7 Å². The highest BCUT2D eigenvalue weighted by atomic mass is 16.5. The molecule has 1 saturated heterocycles. The van der Waals surface area contributed by atoms with E-state index in [2.05, 4.69) is 30.9 Å². The minimum Gasteiger partial charge on any atom is -0.473 e. The molecule has 3 aromatic rings. The Labute approximate surface area is 167 Å². The molecule has 9 nitrogen and oxygen atoms in total. The van der Waals surface area contributed by atoms with Crippen molar-refractivity contribution in [1.29, 1.82) is 5.26 Å². The normalized spacial score (nSPS) is 13.7. The molecule has 4 rings (SSSR count). The number of anilines is 2. The first-order chi connectivity index (χ1) is 14.2. The molecule has 1 aliphatic heterocycles. The van der Waals surface area contributed by atoms with E-state index in [9.17, 15) is 0 Å². The second-order valence-corrected chi connectivity index (χ2v) is 6.42. The van der Waals surface area contributed by atoms with Crippen molar-refractivity contribution in [2.45, 2.75) is 6.61 Å². The van der Waals surface area contributed by atoms with Crippen molar-refractivity contribution < 1.29 is 9.47 Å². The molecule has 146 valence electrons. The van der Waals surface area contributed by atoms with Crippen LogP contribution in [0.25, 0.3) is 11.3 Å². The van der Waals surface area contributed by atoms with Crippen molar-refractivity contribution in [3.05, 3.63) is 53.9 Å². The summed E-state index contributed by atoms with van der Waals surface area (Å²) in [5, 5.41) is 8.92. The molecule has 1 aliphatic rings. The predicted octanol–water partition coefficient (Wildman–Crippen LogP) is 1.80. The fourth-order valence-corrected chi connectivity index (χ4v) is 2.84. The summed E-state index contributed by atoms with van der Waals surface area (Å²) in [6, 6.07) is 11.1. The quantitative estimate of drug-likeness (QED) is 0.695. The standard InChI is InChI=1S/C20H19N7O2/c21-10-14-1-3-15(4-2-14)13-29-18-9-17(16-11-23-19(22)24-12-16)25-20(26-18)27-5-7-28-8-6-27/h1-4,9,11-12H,5-8,13H2,(H2,22,23,24). The van der Waals surface area contributed by atoms with Gasteiger partial charge >= 0.3 is 0 Å². The van der Waals surface area contributed by atoms with E-state index in [1.165, 1.54) is 0 Å². The molecule has 0 aliphatic carbocycles. The van der Waals surface area contributed by atoms with Gasteiger partial charge in [-0.25, -0.2) is 15.0 Å². The number of nitrogens with two attached hydrogens (primary N) is 1. The third-order valence-corrected chi connectivity index (χ3v) is 4.42. The molecule has 29 heavy (non-hydrogen) atoms. The van der Waals surface area contributed by atoms with Gasteiger partial charge in [0.15, 0.2) is 0 Å². The molecule has 1 aromatic carbocycles. The fraction of sp³-hybridized carbons (Fsp3) is 0.250. The highest BCUT2D eigenvalue weighted by Gasteiger charge is 2.17. The summed E-state index contributed by atoms with van der Waals surface area (Å²) in [7, 11) is 0. The van der Waals surface area contributed by atoms with Crippen molar-refractivity contribution in [1.82, 2.24) is 19.9 Å². The third kappa shape index (κ3) is 4.56. The molecule has 0 amide bonds. The van der Waals surface area contributed by atoms with Crippen molar-refractivity contribution in [2.24, 2.45) is 0 Å². The Bertz CT molecular complexity index is 1010. The smallest absolute Gasteiger partial charge is 0.229 e. The lowest BCUT2D eigenvalue weighted by Gasteiger charge is -2.27. The summed E-state index contributed by atoms with van der Waals surface area (Å²) in [5.74, 6) is 1.21. The zero-order chi connectivity index (χ0) is 20.1. The van der Waals surface area contributed by atoms with Crippen molar-refractivity contribution in [3.63, 3.8) is 0 Å². The average Bonchev–Trinajstić information content (AvgIpc) is 2.79. The number of rotatable bonds is 5. The van der Waals surface area contributed by atoms with Crippen molar-refractivity contribution in [3.8, 4) is 23.2 Å². The average molecular weight is 389 g/mol. The number of hydrogen-bond acceptors (Lipinski definition) is 9. The summed E-state index contributed by atoms with van der Waals surface area (Å²) in [6.45, 7) is 2.98. The Morgan fingerprint density at radius 3 is 2.52 bits per heavy atom. The molecule has 1 fully saturated rings. The Morgan fingerprint density at radius 1 is 1.10 bits per heavy atom. The molecule has 0 spiro atoms. The van der Waals surface area contributed by atoms with Crippen LogP contribution in [-0.4, -0.2) is 46.2 Å². The van der Waals surface area contributed by atoms with Gasteiger partial charge in [0.25, 0.3) is 0 Å². The van der Waals surface area contributed by atoms with E-state index in [0.29, 0.717) is 56.0 Å². The summed E-state index contributed by atoms with van der Waals surface area (Å²) < 4.78 is 11.3. The van der Waals surface area contributed by atoms with Gasteiger partial charge < -0.3 is 20.1 Å². The van der Waals surface area contributed by atoms with Gasteiger partial charge in [0.2, 0.25) is 17.8 Å². The summed E-state index contributed by atoms with van der Waals surface area (Å²) >= 11 is 0. The largest absolute Gasteiger partial charge is 0.473 e. The van der Waals surface area contributed by atoms with Crippen LogP contribution in [0.2, 0.25) is 0 Å². The number of aromatic nitrogens is 4. The topological polar surface area (TPSA) is 123 Å². The molecule has 0 bridgehead atoms. The Balaban J connectivity index is 1.61. The van der Waals surface area contributed by atoms with E-state index in [-0.39, 0.29) is 5.95 Å². The monoisotopic (exact) mass is 389 g/mol. The lowest BCUT2D eigenvalue weighted by atomic mass is 10.2. The van der Waals surface area contributed by atoms with Crippen LogP contribution >= 0.6 is 0 Å². The number of nitrogens with zero attached hydrogens (tertiary/aromatic N) is 6. The molecule has 2 aromatic heterocycles. The molecule has 3 heterocycles. The van der Waals surface area contributed by atoms with Gasteiger partial charge in [-0.15, -0.1) is 0 Å². The SMILES string of the molecule is N#Cc1ccc(COc2cc(-c3cnc(N)nc3)nc(N3CCOCC3)n2)cc1. The molecular formula is C20H19N7O2. The minimum absolute atomic E-state index is 0.202. The van der Waals surface area contributed by atoms with Crippen LogP contribution in [0.15, 0.2) is 42.7 Å². The van der Waals surface area contributed by atoms with Gasteiger partial charge in [0, 0.05) is 37.1 Å². The van der Waals surface area contributed by atoms with Gasteiger partial charge in [0.1, 0.15) is 6.61 Å². The van der Waals surface area contributed by atoms with Gasteiger partial charge in [0.05, 0.1) is 30.5 Å². The van der Waals surface area contributed by atoms with Crippen LogP contribution in [0, 0.1) is 11.3 Å². The number of ether oxygens (including phenoxy) is 2. The van der Waals surface area contributed by atoms with E-state index in [4.69, 9.17) is 20.5 Å². The molecule has 0 radical (unpaired) electrons. The molecule has 0 unspecified atom stereocenters. The first kappa shape index (κ1) is 18.6.